The summed E-state index contributed by atoms with van der Waals surface area (Å²) in [4.78, 5) is 10.8. The van der Waals surface area contributed by atoms with Gasteiger partial charge in [0.15, 0.2) is 0 Å². The second kappa shape index (κ2) is 5.87. The molecule has 18 heavy (non-hydrogen) atoms. The third-order valence-corrected chi connectivity index (χ3v) is 3.25. The molecule has 0 radical (unpaired) electrons. The van der Waals surface area contributed by atoms with Crippen molar-refractivity contribution in [2.45, 2.75) is 44.3 Å². The first-order valence-corrected chi connectivity index (χ1v) is 6.29. The summed E-state index contributed by atoms with van der Waals surface area (Å²) in [5, 5.41) is 18.3. The Morgan fingerprint density at radius 1 is 1.22 bits per heavy atom. The Hall–Kier alpha value is -1.55. The number of aliphatic hydroxyl groups is 1. The van der Waals surface area contributed by atoms with Crippen molar-refractivity contribution in [3.63, 3.8) is 0 Å². The lowest BCUT2D eigenvalue weighted by atomic mass is 9.95. The molecule has 1 aliphatic rings. The Bertz CT molecular complexity index is 408. The van der Waals surface area contributed by atoms with Gasteiger partial charge in [0.25, 0.3) is 0 Å². The molecule has 0 unspecified atom stereocenters. The van der Waals surface area contributed by atoms with Gasteiger partial charge in [0, 0.05) is 5.56 Å². The van der Waals surface area contributed by atoms with Crippen LogP contribution in [0.1, 0.15) is 31.2 Å². The van der Waals surface area contributed by atoms with Gasteiger partial charge in [-0.25, -0.2) is 0 Å². The van der Waals surface area contributed by atoms with Gasteiger partial charge >= 0.3 is 5.97 Å². The summed E-state index contributed by atoms with van der Waals surface area (Å²) < 4.78 is 5.86. The summed E-state index contributed by atoms with van der Waals surface area (Å²) in [5.41, 5.74) is 0.705. The Morgan fingerprint density at radius 3 is 2.56 bits per heavy atom. The number of carboxylic acids is 1. The maximum absolute atomic E-state index is 10.8. The second-order valence-corrected chi connectivity index (χ2v) is 4.73. The molecule has 0 atom stereocenters. The zero-order chi connectivity index (χ0) is 13.0. The second-order valence-electron chi connectivity index (χ2n) is 4.73. The molecule has 1 aromatic rings. The summed E-state index contributed by atoms with van der Waals surface area (Å²) in [6.07, 6.45) is 3.01. The standard InChI is InChI=1S/C14H18O4/c15-11-5-7-12(8-6-11)18-13-4-2-1-3-10(13)9-14(16)17/h1-4,11-12,15H,5-9H2,(H,16,17). The van der Waals surface area contributed by atoms with Crippen LogP contribution in [0, 0.1) is 0 Å². The van der Waals surface area contributed by atoms with Gasteiger partial charge in [-0.1, -0.05) is 18.2 Å². The summed E-state index contributed by atoms with van der Waals surface area (Å²) in [5.74, 6) is -0.202. The molecule has 2 rings (SSSR count). The van der Waals surface area contributed by atoms with Crippen molar-refractivity contribution in [3.8, 4) is 5.75 Å². The van der Waals surface area contributed by atoms with Gasteiger partial charge in [0.2, 0.25) is 0 Å². The molecular formula is C14H18O4. The van der Waals surface area contributed by atoms with Crippen molar-refractivity contribution in [1.29, 1.82) is 0 Å². The molecule has 4 nitrogen and oxygen atoms in total. The zero-order valence-corrected chi connectivity index (χ0v) is 10.2. The van der Waals surface area contributed by atoms with E-state index in [2.05, 4.69) is 0 Å². The van der Waals surface area contributed by atoms with Crippen LogP contribution < -0.4 is 4.74 Å². The SMILES string of the molecule is O=C(O)Cc1ccccc1OC1CCC(O)CC1. The largest absolute Gasteiger partial charge is 0.490 e. The van der Waals surface area contributed by atoms with Crippen molar-refractivity contribution in [2.24, 2.45) is 0 Å². The van der Waals surface area contributed by atoms with Crippen molar-refractivity contribution in [2.75, 3.05) is 0 Å². The van der Waals surface area contributed by atoms with Crippen molar-refractivity contribution in [3.05, 3.63) is 29.8 Å². The van der Waals surface area contributed by atoms with Crippen molar-refractivity contribution < 1.29 is 19.7 Å². The van der Waals surface area contributed by atoms with Gasteiger partial charge in [-0.05, 0) is 31.7 Å². The topological polar surface area (TPSA) is 66.8 Å². The molecule has 0 heterocycles. The van der Waals surface area contributed by atoms with E-state index in [1.807, 2.05) is 18.2 Å². The fourth-order valence-corrected chi connectivity index (χ4v) is 2.27. The first kappa shape index (κ1) is 12.9. The van der Waals surface area contributed by atoms with E-state index in [1.165, 1.54) is 0 Å². The first-order chi connectivity index (χ1) is 8.65. The Balaban J connectivity index is 2.02. The van der Waals surface area contributed by atoms with Crippen LogP contribution in [0.3, 0.4) is 0 Å². The van der Waals surface area contributed by atoms with Crippen LogP contribution in [-0.4, -0.2) is 28.4 Å². The lowest BCUT2D eigenvalue weighted by molar-refractivity contribution is -0.136. The van der Waals surface area contributed by atoms with E-state index in [-0.39, 0.29) is 18.6 Å². The molecule has 1 saturated carbocycles. The molecule has 0 bridgehead atoms. The third kappa shape index (κ3) is 3.47. The average Bonchev–Trinajstić information content (AvgIpc) is 2.34. The van der Waals surface area contributed by atoms with Crippen LogP contribution in [0.2, 0.25) is 0 Å². The van der Waals surface area contributed by atoms with E-state index < -0.39 is 5.97 Å². The highest BCUT2D eigenvalue weighted by Gasteiger charge is 2.21. The van der Waals surface area contributed by atoms with Crippen LogP contribution in [0.15, 0.2) is 24.3 Å². The molecule has 1 aliphatic carbocycles. The number of aliphatic carboxylic acids is 1. The molecule has 0 aromatic heterocycles. The lowest BCUT2D eigenvalue weighted by Crippen LogP contribution is -2.26. The molecule has 98 valence electrons. The molecule has 0 spiro atoms. The average molecular weight is 250 g/mol. The number of hydrogen-bond donors (Lipinski definition) is 2. The summed E-state index contributed by atoms with van der Waals surface area (Å²) in [6, 6.07) is 7.25. The fourth-order valence-electron chi connectivity index (χ4n) is 2.27. The van der Waals surface area contributed by atoms with Gasteiger partial charge < -0.3 is 14.9 Å². The summed E-state index contributed by atoms with van der Waals surface area (Å²) in [7, 11) is 0. The van der Waals surface area contributed by atoms with Crippen molar-refractivity contribution in [1.82, 2.24) is 0 Å². The quantitative estimate of drug-likeness (QED) is 0.857. The summed E-state index contributed by atoms with van der Waals surface area (Å²) in [6.45, 7) is 0. The monoisotopic (exact) mass is 250 g/mol. The van der Waals surface area contributed by atoms with E-state index in [9.17, 15) is 9.90 Å². The zero-order valence-electron chi connectivity index (χ0n) is 10.2. The Kier molecular flexibility index (Phi) is 4.20. The van der Waals surface area contributed by atoms with Crippen molar-refractivity contribution >= 4 is 5.97 Å². The normalized spacial score (nSPS) is 23.6. The smallest absolute Gasteiger partial charge is 0.307 e. The minimum Gasteiger partial charge on any atom is -0.490 e. The third-order valence-electron chi connectivity index (χ3n) is 3.25. The van der Waals surface area contributed by atoms with Gasteiger partial charge in [-0.2, -0.15) is 0 Å². The number of hydrogen-bond acceptors (Lipinski definition) is 3. The van der Waals surface area contributed by atoms with Crippen LogP contribution in [0.5, 0.6) is 5.75 Å². The number of carboxylic acid groups (broad SMARTS) is 1. The van der Waals surface area contributed by atoms with E-state index in [0.29, 0.717) is 11.3 Å². The Labute approximate surface area is 106 Å². The maximum atomic E-state index is 10.8. The number of carbonyl (C=O) groups is 1. The first-order valence-electron chi connectivity index (χ1n) is 6.29. The van der Waals surface area contributed by atoms with Crippen LogP contribution in [0.25, 0.3) is 0 Å². The van der Waals surface area contributed by atoms with E-state index in [1.54, 1.807) is 6.07 Å². The summed E-state index contributed by atoms with van der Waals surface area (Å²) >= 11 is 0. The minimum atomic E-state index is -0.856. The van der Waals surface area contributed by atoms with Crippen LogP contribution in [0.4, 0.5) is 0 Å². The van der Waals surface area contributed by atoms with Gasteiger partial charge in [0.05, 0.1) is 18.6 Å². The molecule has 0 saturated heterocycles. The van der Waals surface area contributed by atoms with Gasteiger partial charge in [-0.15, -0.1) is 0 Å². The molecule has 2 N–H and O–H groups in total. The minimum absolute atomic E-state index is 0.0223. The number of para-hydroxylation sites is 1. The van der Waals surface area contributed by atoms with Gasteiger partial charge in [-0.3, -0.25) is 4.79 Å². The van der Waals surface area contributed by atoms with Gasteiger partial charge in [0.1, 0.15) is 5.75 Å². The molecule has 1 fully saturated rings. The Morgan fingerprint density at radius 2 is 1.89 bits per heavy atom. The molecule has 0 aliphatic heterocycles. The highest BCUT2D eigenvalue weighted by molar-refractivity contribution is 5.71. The van der Waals surface area contributed by atoms with Crippen LogP contribution in [-0.2, 0) is 11.2 Å². The highest BCUT2D eigenvalue weighted by atomic mass is 16.5. The number of aliphatic hydroxyl groups excluding tert-OH is 1. The van der Waals surface area contributed by atoms with Crippen LogP contribution >= 0.6 is 0 Å². The maximum Gasteiger partial charge on any atom is 0.307 e. The molecule has 0 amide bonds. The van der Waals surface area contributed by atoms with E-state index in [0.717, 1.165) is 25.7 Å². The van der Waals surface area contributed by atoms with E-state index >= 15 is 0 Å². The fraction of sp³-hybridized carbons (Fsp3) is 0.500. The number of rotatable bonds is 4. The number of benzene rings is 1. The molecular weight excluding hydrogens is 232 g/mol. The molecule has 1 aromatic carbocycles. The predicted molar refractivity (Wildman–Crippen MR) is 66.7 cm³/mol. The predicted octanol–water partition coefficient (Wildman–Crippen LogP) is 2.00. The lowest BCUT2D eigenvalue weighted by Gasteiger charge is -2.26. The number of ether oxygens (including phenoxy) is 1. The highest BCUT2D eigenvalue weighted by Crippen LogP contribution is 2.26. The van der Waals surface area contributed by atoms with E-state index in [4.69, 9.17) is 9.84 Å². The molecule has 4 heteroatoms.